The SMILES string of the molecule is COc1nc(-c2cc(C)c(N[C@@H](C)c3ccc(F)cc3)nn2)ccc1-n1cnc(C)c1.O=S(=O)(O)c1ccccc1. The number of hydrogen-bond donors (Lipinski definition) is 2. The summed E-state index contributed by atoms with van der Waals surface area (Å²) in [7, 11) is -2.42. The van der Waals surface area contributed by atoms with Crippen LogP contribution >= 0.6 is 0 Å². The number of rotatable bonds is 7. The molecule has 2 N–H and O–H groups in total. The normalized spacial score (nSPS) is 11.8. The third-order valence-corrected chi connectivity index (χ3v) is 6.90. The fraction of sp³-hybridized carbons (Fsp3) is 0.172. The van der Waals surface area contributed by atoms with E-state index in [2.05, 4.69) is 25.5 Å². The molecular formula is C29H29FN6O4S. The van der Waals surface area contributed by atoms with Crippen LogP contribution < -0.4 is 10.1 Å². The summed E-state index contributed by atoms with van der Waals surface area (Å²) in [5.41, 5.74) is 4.89. The number of nitrogens with one attached hydrogen (secondary N) is 1. The zero-order chi connectivity index (χ0) is 29.6. The van der Waals surface area contributed by atoms with Gasteiger partial charge in [-0.3, -0.25) is 4.55 Å². The Hall–Kier alpha value is -4.68. The second-order valence-corrected chi connectivity index (χ2v) is 10.5. The number of imidazole rings is 1. The van der Waals surface area contributed by atoms with Crippen LogP contribution in [0.4, 0.5) is 10.2 Å². The molecule has 0 aliphatic rings. The summed E-state index contributed by atoms with van der Waals surface area (Å²) >= 11 is 0. The van der Waals surface area contributed by atoms with E-state index in [-0.39, 0.29) is 16.8 Å². The van der Waals surface area contributed by atoms with E-state index in [1.54, 1.807) is 43.8 Å². The summed E-state index contributed by atoms with van der Waals surface area (Å²) in [5.74, 6) is 0.882. The largest absolute Gasteiger partial charge is 0.479 e. The van der Waals surface area contributed by atoms with Gasteiger partial charge in [-0.1, -0.05) is 30.3 Å². The first kappa shape index (κ1) is 29.3. The molecule has 0 unspecified atom stereocenters. The maximum Gasteiger partial charge on any atom is 0.294 e. The average Bonchev–Trinajstić information content (AvgIpc) is 3.40. The number of anilines is 1. The number of pyridine rings is 1. The molecular weight excluding hydrogens is 547 g/mol. The number of hydrogen-bond acceptors (Lipinski definition) is 8. The third kappa shape index (κ3) is 7.50. The lowest BCUT2D eigenvalue weighted by atomic mass is 10.1. The molecule has 0 fully saturated rings. The highest BCUT2D eigenvalue weighted by Gasteiger charge is 2.14. The molecule has 0 saturated carbocycles. The number of benzene rings is 2. The van der Waals surface area contributed by atoms with Gasteiger partial charge < -0.3 is 14.6 Å². The first-order valence-electron chi connectivity index (χ1n) is 12.5. The molecule has 0 aliphatic heterocycles. The van der Waals surface area contributed by atoms with Gasteiger partial charge in [0.1, 0.15) is 17.2 Å². The van der Waals surface area contributed by atoms with Crippen molar-refractivity contribution in [3.8, 4) is 23.0 Å². The van der Waals surface area contributed by atoms with Crippen LogP contribution in [0.25, 0.3) is 17.1 Å². The van der Waals surface area contributed by atoms with Crippen molar-refractivity contribution in [1.29, 1.82) is 0 Å². The molecule has 41 heavy (non-hydrogen) atoms. The molecule has 5 aromatic rings. The van der Waals surface area contributed by atoms with Gasteiger partial charge in [-0.25, -0.2) is 14.4 Å². The minimum atomic E-state index is -4.00. The predicted molar refractivity (Wildman–Crippen MR) is 153 cm³/mol. The molecule has 0 radical (unpaired) electrons. The Balaban J connectivity index is 0.000000328. The first-order chi connectivity index (χ1) is 19.5. The van der Waals surface area contributed by atoms with Gasteiger partial charge in [-0.2, -0.15) is 8.42 Å². The molecule has 212 valence electrons. The Morgan fingerprint density at radius 3 is 2.24 bits per heavy atom. The van der Waals surface area contributed by atoms with Crippen LogP contribution in [0, 0.1) is 19.7 Å². The van der Waals surface area contributed by atoms with Crippen LogP contribution in [0.1, 0.15) is 29.8 Å². The van der Waals surface area contributed by atoms with E-state index in [0.717, 1.165) is 22.5 Å². The number of halogens is 1. The zero-order valence-corrected chi connectivity index (χ0v) is 23.7. The third-order valence-electron chi connectivity index (χ3n) is 6.03. The van der Waals surface area contributed by atoms with E-state index in [0.29, 0.717) is 23.1 Å². The Bertz CT molecular complexity index is 1730. The fourth-order valence-electron chi connectivity index (χ4n) is 3.86. The van der Waals surface area contributed by atoms with E-state index >= 15 is 0 Å². The summed E-state index contributed by atoms with van der Waals surface area (Å²) in [4.78, 5) is 8.78. The molecule has 5 rings (SSSR count). The lowest BCUT2D eigenvalue weighted by molar-refractivity contribution is 0.396. The number of methoxy groups -OCH3 is 1. The molecule has 10 nitrogen and oxygen atoms in total. The molecule has 3 aromatic heterocycles. The van der Waals surface area contributed by atoms with E-state index in [1.807, 2.05) is 49.7 Å². The maximum atomic E-state index is 13.2. The van der Waals surface area contributed by atoms with Crippen molar-refractivity contribution >= 4 is 15.9 Å². The van der Waals surface area contributed by atoms with Gasteiger partial charge in [-0.05, 0) is 74.4 Å². The Morgan fingerprint density at radius 1 is 0.976 bits per heavy atom. The lowest BCUT2D eigenvalue weighted by Gasteiger charge is -2.16. The highest BCUT2D eigenvalue weighted by atomic mass is 32.2. The standard InChI is InChI=1S/C23H23FN6O.C6H6O3S/c1-14-11-20(28-29-22(14)26-16(3)17-5-7-18(24)8-6-17)19-9-10-21(23(27-19)31-4)30-12-15(2)25-13-30;7-10(8,9)6-4-2-1-3-5-6/h5-13,16H,1-4H3,(H,26,29);1-5H,(H,7,8,9)/t16-;/m0./s1. The number of nitrogens with zero attached hydrogens (tertiary/aromatic N) is 5. The van der Waals surface area contributed by atoms with Crippen LogP contribution in [0.5, 0.6) is 5.88 Å². The summed E-state index contributed by atoms with van der Waals surface area (Å²) in [6, 6.07) is 19.5. The second kappa shape index (κ2) is 12.7. The van der Waals surface area contributed by atoms with Gasteiger partial charge in [0.05, 0.1) is 35.8 Å². The molecule has 3 heterocycles. The topological polar surface area (TPSA) is 132 Å². The fourth-order valence-corrected chi connectivity index (χ4v) is 4.36. The van der Waals surface area contributed by atoms with Crippen molar-refractivity contribution < 1.29 is 22.1 Å². The molecule has 0 aliphatic carbocycles. The quantitative estimate of drug-likeness (QED) is 0.238. The summed E-state index contributed by atoms with van der Waals surface area (Å²) < 4.78 is 49.8. The first-order valence-corrected chi connectivity index (χ1v) is 13.9. The van der Waals surface area contributed by atoms with E-state index < -0.39 is 10.1 Å². The van der Waals surface area contributed by atoms with Crippen molar-refractivity contribution in [2.75, 3.05) is 12.4 Å². The molecule has 2 aromatic carbocycles. The molecule has 1 atom stereocenters. The lowest BCUT2D eigenvalue weighted by Crippen LogP contribution is -2.10. The van der Waals surface area contributed by atoms with E-state index in [9.17, 15) is 12.8 Å². The minimum absolute atomic E-state index is 0.0458. The number of aryl methyl sites for hydroxylation is 2. The smallest absolute Gasteiger partial charge is 0.294 e. The zero-order valence-electron chi connectivity index (χ0n) is 22.9. The van der Waals surface area contributed by atoms with E-state index in [1.165, 1.54) is 24.3 Å². The molecule has 0 amide bonds. The van der Waals surface area contributed by atoms with Crippen LogP contribution in [-0.2, 0) is 10.1 Å². The Kier molecular flexibility index (Phi) is 9.05. The van der Waals surface area contributed by atoms with Gasteiger partial charge in [0.25, 0.3) is 10.1 Å². The summed E-state index contributed by atoms with van der Waals surface area (Å²) in [5, 5.41) is 12.0. The summed E-state index contributed by atoms with van der Waals surface area (Å²) in [6.07, 6.45) is 3.63. The minimum Gasteiger partial charge on any atom is -0.479 e. The average molecular weight is 577 g/mol. The highest BCUT2D eigenvalue weighted by Crippen LogP contribution is 2.27. The van der Waals surface area contributed by atoms with E-state index in [4.69, 9.17) is 9.29 Å². The van der Waals surface area contributed by atoms with Crippen LogP contribution in [0.3, 0.4) is 0 Å². The van der Waals surface area contributed by atoms with Gasteiger partial charge in [-0.15, -0.1) is 10.2 Å². The Labute approximate surface area is 237 Å². The predicted octanol–water partition coefficient (Wildman–Crippen LogP) is 5.60. The molecule has 0 spiro atoms. The second-order valence-electron chi connectivity index (χ2n) is 9.11. The highest BCUT2D eigenvalue weighted by molar-refractivity contribution is 7.85. The van der Waals surface area contributed by atoms with Crippen molar-refractivity contribution in [3.63, 3.8) is 0 Å². The van der Waals surface area contributed by atoms with Crippen LogP contribution in [-0.4, -0.2) is 44.8 Å². The van der Waals surface area contributed by atoms with Crippen molar-refractivity contribution in [3.05, 3.63) is 108 Å². The van der Waals surface area contributed by atoms with Crippen molar-refractivity contribution in [2.45, 2.75) is 31.7 Å². The maximum absolute atomic E-state index is 13.2. The number of ether oxygens (including phenoxy) is 1. The molecule has 0 saturated heterocycles. The molecule has 12 heteroatoms. The van der Waals surface area contributed by atoms with Crippen molar-refractivity contribution in [2.24, 2.45) is 0 Å². The van der Waals surface area contributed by atoms with Crippen LogP contribution in [0.15, 0.2) is 90.2 Å². The number of aromatic nitrogens is 5. The molecule has 0 bridgehead atoms. The monoisotopic (exact) mass is 576 g/mol. The van der Waals surface area contributed by atoms with Gasteiger partial charge >= 0.3 is 0 Å². The van der Waals surface area contributed by atoms with Gasteiger partial charge in [0.2, 0.25) is 5.88 Å². The van der Waals surface area contributed by atoms with Crippen LogP contribution in [0.2, 0.25) is 0 Å². The van der Waals surface area contributed by atoms with Gasteiger partial charge in [0, 0.05) is 6.20 Å². The van der Waals surface area contributed by atoms with Gasteiger partial charge in [0.15, 0.2) is 5.82 Å². The Morgan fingerprint density at radius 2 is 1.68 bits per heavy atom. The summed E-state index contributed by atoms with van der Waals surface area (Å²) in [6.45, 7) is 5.87. The van der Waals surface area contributed by atoms with Crippen molar-refractivity contribution in [1.82, 2.24) is 24.7 Å².